The molecule has 0 heterocycles. The minimum Gasteiger partial charge on any atom is -0.487 e. The number of hydrogen-bond acceptors (Lipinski definition) is 3. The lowest BCUT2D eigenvalue weighted by molar-refractivity contribution is 0.0596. The smallest absolute Gasteiger partial charge is 0.124 e. The first-order chi connectivity index (χ1) is 9.20. The molecular weight excluding hydrogens is 245 g/mol. The van der Waals surface area contributed by atoms with Crippen LogP contribution in [0.2, 0.25) is 0 Å². The molecule has 2 atom stereocenters. The summed E-state index contributed by atoms with van der Waals surface area (Å²) < 4.78 is 19.2. The highest BCUT2D eigenvalue weighted by Crippen LogP contribution is 2.27. The summed E-state index contributed by atoms with van der Waals surface area (Å²) in [5.41, 5.74) is 0.813. The molecule has 0 amide bonds. The van der Waals surface area contributed by atoms with Crippen LogP contribution in [0.3, 0.4) is 0 Å². The van der Waals surface area contributed by atoms with Gasteiger partial charge in [0, 0.05) is 12.1 Å². The second kappa shape index (κ2) is 6.87. The molecule has 2 unspecified atom stereocenters. The molecule has 0 aliphatic heterocycles. The standard InChI is InChI=1S/C15H22FNO2/c1-2-8-17-10-11-9-12(16)6-7-14(11)19-15-5-3-4-13(15)18/h6-7,9,13,15,17-18H,2-5,8,10H2,1H3. The van der Waals surface area contributed by atoms with Crippen LogP contribution < -0.4 is 10.1 Å². The number of halogens is 1. The maximum absolute atomic E-state index is 13.3. The van der Waals surface area contributed by atoms with E-state index in [1.807, 2.05) is 0 Å². The van der Waals surface area contributed by atoms with Crippen molar-refractivity contribution in [1.82, 2.24) is 5.32 Å². The third-order valence-electron chi connectivity index (χ3n) is 3.46. The molecule has 106 valence electrons. The first-order valence-corrected chi connectivity index (χ1v) is 7.04. The molecule has 0 saturated heterocycles. The average molecular weight is 267 g/mol. The van der Waals surface area contributed by atoms with Crippen molar-refractivity contribution >= 4 is 0 Å². The quantitative estimate of drug-likeness (QED) is 0.779. The maximum Gasteiger partial charge on any atom is 0.124 e. The van der Waals surface area contributed by atoms with E-state index in [1.54, 1.807) is 6.07 Å². The molecular formula is C15H22FNO2. The van der Waals surface area contributed by atoms with Gasteiger partial charge >= 0.3 is 0 Å². The van der Waals surface area contributed by atoms with Gasteiger partial charge in [-0.25, -0.2) is 4.39 Å². The maximum atomic E-state index is 13.3. The number of aliphatic hydroxyl groups is 1. The Bertz CT molecular complexity index is 411. The Hall–Kier alpha value is -1.13. The van der Waals surface area contributed by atoms with Gasteiger partial charge in [0.1, 0.15) is 17.7 Å². The molecule has 1 aromatic carbocycles. The van der Waals surface area contributed by atoms with E-state index < -0.39 is 6.10 Å². The summed E-state index contributed by atoms with van der Waals surface area (Å²) in [6.07, 6.45) is 3.11. The first-order valence-electron chi connectivity index (χ1n) is 7.04. The summed E-state index contributed by atoms with van der Waals surface area (Å²) in [6, 6.07) is 4.56. The molecule has 1 aromatic rings. The lowest BCUT2D eigenvalue weighted by Crippen LogP contribution is -2.26. The largest absolute Gasteiger partial charge is 0.487 e. The monoisotopic (exact) mass is 267 g/mol. The molecule has 0 aromatic heterocycles. The normalized spacial score (nSPS) is 22.7. The van der Waals surface area contributed by atoms with Crippen molar-refractivity contribution in [2.24, 2.45) is 0 Å². The van der Waals surface area contributed by atoms with Gasteiger partial charge in [-0.05, 0) is 50.4 Å². The van der Waals surface area contributed by atoms with Gasteiger partial charge < -0.3 is 15.2 Å². The van der Waals surface area contributed by atoms with Crippen molar-refractivity contribution in [3.05, 3.63) is 29.6 Å². The predicted molar refractivity (Wildman–Crippen MR) is 72.7 cm³/mol. The van der Waals surface area contributed by atoms with Crippen LogP contribution in [0.4, 0.5) is 4.39 Å². The highest BCUT2D eigenvalue weighted by atomic mass is 19.1. The minimum absolute atomic E-state index is 0.157. The Morgan fingerprint density at radius 2 is 2.26 bits per heavy atom. The predicted octanol–water partition coefficient (Wildman–Crippen LogP) is 2.62. The van der Waals surface area contributed by atoms with Crippen molar-refractivity contribution in [2.45, 2.75) is 51.4 Å². The van der Waals surface area contributed by atoms with Gasteiger partial charge in [0.05, 0.1) is 6.10 Å². The van der Waals surface area contributed by atoms with Gasteiger partial charge in [0.25, 0.3) is 0 Å². The first kappa shape index (κ1) is 14.3. The molecule has 3 nitrogen and oxygen atoms in total. The van der Waals surface area contributed by atoms with Crippen LogP contribution in [-0.4, -0.2) is 23.9 Å². The van der Waals surface area contributed by atoms with E-state index >= 15 is 0 Å². The van der Waals surface area contributed by atoms with Crippen LogP contribution in [0.15, 0.2) is 18.2 Å². The summed E-state index contributed by atoms with van der Waals surface area (Å²) in [4.78, 5) is 0. The Balaban J connectivity index is 2.05. The molecule has 0 spiro atoms. The van der Waals surface area contributed by atoms with Crippen LogP contribution in [0.5, 0.6) is 5.75 Å². The zero-order valence-corrected chi connectivity index (χ0v) is 11.4. The molecule has 4 heteroatoms. The Morgan fingerprint density at radius 3 is 2.95 bits per heavy atom. The van der Waals surface area contributed by atoms with Crippen LogP contribution >= 0.6 is 0 Å². The summed E-state index contributed by atoms with van der Waals surface area (Å²) in [7, 11) is 0. The topological polar surface area (TPSA) is 41.5 Å². The molecule has 0 bridgehead atoms. The minimum atomic E-state index is -0.401. The number of rotatable bonds is 6. The van der Waals surface area contributed by atoms with Crippen molar-refractivity contribution in [3.63, 3.8) is 0 Å². The number of aliphatic hydroxyl groups excluding tert-OH is 1. The van der Waals surface area contributed by atoms with Gasteiger partial charge in [-0.1, -0.05) is 6.92 Å². The van der Waals surface area contributed by atoms with Crippen molar-refractivity contribution < 1.29 is 14.2 Å². The number of nitrogens with one attached hydrogen (secondary N) is 1. The Labute approximate surface area is 113 Å². The lowest BCUT2D eigenvalue weighted by Gasteiger charge is -2.19. The van der Waals surface area contributed by atoms with E-state index in [-0.39, 0.29) is 11.9 Å². The van der Waals surface area contributed by atoms with Gasteiger partial charge in [0.15, 0.2) is 0 Å². The molecule has 1 aliphatic rings. The van der Waals surface area contributed by atoms with E-state index in [0.29, 0.717) is 12.3 Å². The third kappa shape index (κ3) is 3.91. The van der Waals surface area contributed by atoms with Crippen molar-refractivity contribution in [3.8, 4) is 5.75 Å². The summed E-state index contributed by atoms with van der Waals surface area (Å²) in [6.45, 7) is 3.57. The number of ether oxygens (including phenoxy) is 1. The van der Waals surface area contributed by atoms with E-state index in [2.05, 4.69) is 12.2 Å². The van der Waals surface area contributed by atoms with Crippen LogP contribution in [-0.2, 0) is 6.54 Å². The van der Waals surface area contributed by atoms with E-state index in [1.165, 1.54) is 12.1 Å². The fourth-order valence-electron chi connectivity index (χ4n) is 2.41. The zero-order valence-electron chi connectivity index (χ0n) is 11.4. The molecule has 0 radical (unpaired) electrons. The molecule has 2 rings (SSSR count). The SMILES string of the molecule is CCCNCc1cc(F)ccc1OC1CCCC1O. The molecule has 1 aliphatic carbocycles. The third-order valence-corrected chi connectivity index (χ3v) is 3.46. The second-order valence-electron chi connectivity index (χ2n) is 5.08. The van der Waals surface area contributed by atoms with Gasteiger partial charge in [-0.15, -0.1) is 0 Å². The van der Waals surface area contributed by atoms with Crippen molar-refractivity contribution in [2.75, 3.05) is 6.54 Å². The lowest BCUT2D eigenvalue weighted by atomic mass is 10.1. The number of benzene rings is 1. The number of hydrogen-bond donors (Lipinski definition) is 2. The zero-order chi connectivity index (χ0) is 13.7. The fourth-order valence-corrected chi connectivity index (χ4v) is 2.41. The Morgan fingerprint density at radius 1 is 1.42 bits per heavy atom. The average Bonchev–Trinajstić information content (AvgIpc) is 2.78. The molecule has 1 fully saturated rings. The van der Waals surface area contributed by atoms with E-state index in [9.17, 15) is 9.50 Å². The summed E-state index contributed by atoms with van der Waals surface area (Å²) in [5.74, 6) is 0.420. The van der Waals surface area contributed by atoms with Crippen molar-refractivity contribution in [1.29, 1.82) is 0 Å². The summed E-state index contributed by atoms with van der Waals surface area (Å²) in [5, 5.41) is 13.0. The van der Waals surface area contributed by atoms with Crippen LogP contribution in [0, 0.1) is 5.82 Å². The van der Waals surface area contributed by atoms with E-state index in [4.69, 9.17) is 4.74 Å². The molecule has 19 heavy (non-hydrogen) atoms. The molecule has 1 saturated carbocycles. The summed E-state index contributed by atoms with van der Waals surface area (Å²) >= 11 is 0. The highest BCUT2D eigenvalue weighted by Gasteiger charge is 2.27. The van der Waals surface area contributed by atoms with Gasteiger partial charge in [0.2, 0.25) is 0 Å². The second-order valence-corrected chi connectivity index (χ2v) is 5.08. The van der Waals surface area contributed by atoms with Crippen LogP contribution in [0.25, 0.3) is 0 Å². The fraction of sp³-hybridized carbons (Fsp3) is 0.600. The van der Waals surface area contributed by atoms with Gasteiger partial charge in [-0.2, -0.15) is 0 Å². The molecule has 2 N–H and O–H groups in total. The Kier molecular flexibility index (Phi) is 5.16. The van der Waals surface area contributed by atoms with Gasteiger partial charge in [-0.3, -0.25) is 0 Å². The highest BCUT2D eigenvalue weighted by molar-refractivity contribution is 5.34. The van der Waals surface area contributed by atoms with E-state index in [0.717, 1.165) is 37.8 Å². The van der Waals surface area contributed by atoms with Crippen LogP contribution in [0.1, 0.15) is 38.2 Å².